The largest absolute Gasteiger partial charge is 0.478 e. The summed E-state index contributed by atoms with van der Waals surface area (Å²) in [6.45, 7) is 5.02. The molecule has 0 bridgehead atoms. The Hall–Kier alpha value is -1.40. The van der Waals surface area contributed by atoms with E-state index in [1.807, 2.05) is 6.92 Å². The van der Waals surface area contributed by atoms with E-state index < -0.39 is 0 Å². The second-order valence-corrected chi connectivity index (χ2v) is 3.21. The Bertz CT molecular complexity index is 310. The van der Waals surface area contributed by atoms with Gasteiger partial charge in [0.05, 0.1) is 26.4 Å². The average molecular weight is 241 g/mol. The molecule has 0 atom stereocenters. The first kappa shape index (κ1) is 13.7. The van der Waals surface area contributed by atoms with E-state index in [1.54, 1.807) is 13.2 Å². The van der Waals surface area contributed by atoms with Crippen molar-refractivity contribution >= 4 is 5.82 Å². The number of hydrogen-bond donors (Lipinski definition) is 1. The lowest BCUT2D eigenvalue weighted by Gasteiger charge is -2.07. The molecule has 1 aromatic rings. The zero-order valence-electron chi connectivity index (χ0n) is 10.3. The van der Waals surface area contributed by atoms with Crippen LogP contribution in [-0.4, -0.2) is 50.1 Å². The van der Waals surface area contributed by atoms with Gasteiger partial charge < -0.3 is 19.5 Å². The Morgan fingerprint density at radius 3 is 2.88 bits per heavy atom. The summed E-state index contributed by atoms with van der Waals surface area (Å²) in [7, 11) is 1.65. The Morgan fingerprint density at radius 1 is 1.24 bits per heavy atom. The summed E-state index contributed by atoms with van der Waals surface area (Å²) in [5, 5.41) is 3.12. The van der Waals surface area contributed by atoms with Gasteiger partial charge in [-0.1, -0.05) is 0 Å². The molecule has 6 heteroatoms. The second-order valence-electron chi connectivity index (χ2n) is 3.21. The van der Waals surface area contributed by atoms with Gasteiger partial charge in [-0.05, 0) is 6.92 Å². The highest BCUT2D eigenvalue weighted by Gasteiger charge is 1.98. The molecule has 17 heavy (non-hydrogen) atoms. The molecule has 1 heterocycles. The van der Waals surface area contributed by atoms with Crippen molar-refractivity contribution in [1.82, 2.24) is 9.97 Å². The van der Waals surface area contributed by atoms with Crippen LogP contribution in [0.15, 0.2) is 12.4 Å². The summed E-state index contributed by atoms with van der Waals surface area (Å²) >= 11 is 0. The minimum absolute atomic E-state index is 0.574. The number of anilines is 1. The Morgan fingerprint density at radius 2 is 2.12 bits per heavy atom. The minimum Gasteiger partial charge on any atom is -0.478 e. The summed E-state index contributed by atoms with van der Waals surface area (Å²) < 4.78 is 15.4. The molecule has 0 aromatic carbocycles. The van der Waals surface area contributed by atoms with Crippen LogP contribution in [0.25, 0.3) is 0 Å². The van der Waals surface area contributed by atoms with Crippen LogP contribution in [0.1, 0.15) is 6.92 Å². The van der Waals surface area contributed by atoms with Gasteiger partial charge in [-0.2, -0.15) is 0 Å². The highest BCUT2D eigenvalue weighted by molar-refractivity contribution is 5.36. The third-order valence-corrected chi connectivity index (χ3v) is 1.92. The molecule has 0 amide bonds. The molecule has 1 rings (SSSR count). The predicted molar refractivity (Wildman–Crippen MR) is 64.4 cm³/mol. The SMILES string of the molecule is CCOc1cc(NCCOCCOC)ncn1. The van der Waals surface area contributed by atoms with Gasteiger partial charge in [0.25, 0.3) is 0 Å². The van der Waals surface area contributed by atoms with E-state index >= 15 is 0 Å². The number of rotatable bonds is 9. The fourth-order valence-corrected chi connectivity index (χ4v) is 1.16. The van der Waals surface area contributed by atoms with Gasteiger partial charge in [0.15, 0.2) is 0 Å². The van der Waals surface area contributed by atoms with Crippen molar-refractivity contribution in [2.24, 2.45) is 0 Å². The normalized spacial score (nSPS) is 10.2. The fourth-order valence-electron chi connectivity index (χ4n) is 1.16. The lowest BCUT2D eigenvalue weighted by Crippen LogP contribution is -2.12. The van der Waals surface area contributed by atoms with Crippen LogP contribution in [0.3, 0.4) is 0 Å². The maximum absolute atomic E-state index is 5.31. The molecule has 0 unspecified atom stereocenters. The Balaban J connectivity index is 2.19. The summed E-state index contributed by atoms with van der Waals surface area (Å²) in [5.41, 5.74) is 0. The van der Waals surface area contributed by atoms with E-state index in [9.17, 15) is 0 Å². The first-order chi connectivity index (χ1) is 8.36. The van der Waals surface area contributed by atoms with Crippen molar-refractivity contribution in [2.75, 3.05) is 45.4 Å². The number of methoxy groups -OCH3 is 1. The quantitative estimate of drug-likeness (QED) is 0.649. The molecule has 0 aliphatic heterocycles. The average Bonchev–Trinajstić information content (AvgIpc) is 2.35. The molecule has 0 radical (unpaired) electrons. The van der Waals surface area contributed by atoms with Crippen molar-refractivity contribution in [3.8, 4) is 5.88 Å². The minimum atomic E-state index is 0.574. The number of ether oxygens (including phenoxy) is 3. The molecule has 0 saturated heterocycles. The standard InChI is InChI=1S/C11H19N3O3/c1-3-17-11-8-10(13-9-14-11)12-4-5-16-7-6-15-2/h8-9H,3-7H2,1-2H3,(H,12,13,14). The maximum Gasteiger partial charge on any atom is 0.218 e. The Labute approximate surface area is 101 Å². The van der Waals surface area contributed by atoms with E-state index in [0.29, 0.717) is 38.9 Å². The summed E-state index contributed by atoms with van der Waals surface area (Å²) in [6, 6.07) is 1.76. The number of nitrogens with one attached hydrogen (secondary N) is 1. The molecular weight excluding hydrogens is 222 g/mol. The van der Waals surface area contributed by atoms with Gasteiger partial charge >= 0.3 is 0 Å². The number of nitrogens with zero attached hydrogens (tertiary/aromatic N) is 2. The van der Waals surface area contributed by atoms with Gasteiger partial charge in [-0.15, -0.1) is 0 Å². The molecule has 0 spiro atoms. The molecule has 1 aromatic heterocycles. The van der Waals surface area contributed by atoms with E-state index in [0.717, 1.165) is 5.82 Å². The van der Waals surface area contributed by atoms with Crippen molar-refractivity contribution < 1.29 is 14.2 Å². The Kier molecular flexibility index (Phi) is 7.01. The molecule has 96 valence electrons. The van der Waals surface area contributed by atoms with Gasteiger partial charge in [-0.25, -0.2) is 9.97 Å². The van der Waals surface area contributed by atoms with E-state index in [4.69, 9.17) is 14.2 Å². The molecule has 0 aliphatic rings. The van der Waals surface area contributed by atoms with Crippen molar-refractivity contribution in [1.29, 1.82) is 0 Å². The van der Waals surface area contributed by atoms with E-state index in [-0.39, 0.29) is 0 Å². The number of aromatic nitrogens is 2. The number of hydrogen-bond acceptors (Lipinski definition) is 6. The second kappa shape index (κ2) is 8.72. The van der Waals surface area contributed by atoms with Crippen molar-refractivity contribution in [2.45, 2.75) is 6.92 Å². The molecule has 0 fully saturated rings. The van der Waals surface area contributed by atoms with E-state index in [1.165, 1.54) is 6.33 Å². The molecular formula is C11H19N3O3. The highest BCUT2D eigenvalue weighted by Crippen LogP contribution is 2.10. The van der Waals surface area contributed by atoms with Gasteiger partial charge in [0.1, 0.15) is 12.1 Å². The van der Waals surface area contributed by atoms with Crippen LogP contribution in [0.5, 0.6) is 5.88 Å². The first-order valence-corrected chi connectivity index (χ1v) is 5.62. The van der Waals surface area contributed by atoms with Crippen LogP contribution < -0.4 is 10.1 Å². The topological polar surface area (TPSA) is 65.5 Å². The van der Waals surface area contributed by atoms with Crippen LogP contribution >= 0.6 is 0 Å². The van der Waals surface area contributed by atoms with Gasteiger partial charge in [-0.3, -0.25) is 0 Å². The van der Waals surface area contributed by atoms with Crippen LogP contribution in [0.4, 0.5) is 5.82 Å². The van der Waals surface area contributed by atoms with Crippen LogP contribution in [0, 0.1) is 0 Å². The van der Waals surface area contributed by atoms with Gasteiger partial charge in [0, 0.05) is 19.7 Å². The lowest BCUT2D eigenvalue weighted by molar-refractivity contribution is 0.0759. The third kappa shape index (κ3) is 6.03. The smallest absolute Gasteiger partial charge is 0.218 e. The zero-order chi connectivity index (χ0) is 12.3. The van der Waals surface area contributed by atoms with Gasteiger partial charge in [0.2, 0.25) is 5.88 Å². The zero-order valence-corrected chi connectivity index (χ0v) is 10.3. The van der Waals surface area contributed by atoms with E-state index in [2.05, 4.69) is 15.3 Å². The lowest BCUT2D eigenvalue weighted by atomic mass is 10.5. The summed E-state index contributed by atoms with van der Waals surface area (Å²) in [4.78, 5) is 8.05. The third-order valence-electron chi connectivity index (χ3n) is 1.92. The fraction of sp³-hybridized carbons (Fsp3) is 0.636. The van der Waals surface area contributed by atoms with Crippen LogP contribution in [0.2, 0.25) is 0 Å². The maximum atomic E-state index is 5.31. The molecule has 1 N–H and O–H groups in total. The first-order valence-electron chi connectivity index (χ1n) is 5.62. The monoisotopic (exact) mass is 241 g/mol. The summed E-state index contributed by atoms with van der Waals surface area (Å²) in [5.74, 6) is 1.31. The van der Waals surface area contributed by atoms with Crippen LogP contribution in [-0.2, 0) is 9.47 Å². The van der Waals surface area contributed by atoms with Crippen molar-refractivity contribution in [3.63, 3.8) is 0 Å². The molecule has 0 saturated carbocycles. The molecule has 0 aliphatic carbocycles. The predicted octanol–water partition coefficient (Wildman–Crippen LogP) is 0.950. The summed E-state index contributed by atoms with van der Waals surface area (Å²) in [6.07, 6.45) is 1.47. The highest BCUT2D eigenvalue weighted by atomic mass is 16.5. The molecule has 6 nitrogen and oxygen atoms in total. The van der Waals surface area contributed by atoms with Crippen molar-refractivity contribution in [3.05, 3.63) is 12.4 Å².